The minimum atomic E-state index is -0.0904. The first kappa shape index (κ1) is 12.6. The van der Waals surface area contributed by atoms with E-state index in [9.17, 15) is 0 Å². The molecule has 0 aliphatic carbocycles. The van der Waals surface area contributed by atoms with Crippen LogP contribution in [0.25, 0.3) is 0 Å². The standard InChI is InChI=1S/C8H12N8S/c9-7(10)15-13-3-5-1-2-6(17-5)4-14-16-8(11)12/h1-4H,(H4,9,10,15)(H4,11,12,16). The van der Waals surface area contributed by atoms with Crippen molar-refractivity contribution < 1.29 is 0 Å². The Balaban J connectivity index is 2.66. The molecule has 0 atom stereocenters. The summed E-state index contributed by atoms with van der Waals surface area (Å²) in [5.41, 5.74) is 20.5. The van der Waals surface area contributed by atoms with Crippen molar-refractivity contribution in [2.45, 2.75) is 0 Å². The molecule has 0 spiro atoms. The second kappa shape index (κ2) is 6.23. The molecule has 0 saturated carbocycles. The molecule has 90 valence electrons. The van der Waals surface area contributed by atoms with Crippen molar-refractivity contribution in [2.75, 3.05) is 0 Å². The molecular weight excluding hydrogens is 240 g/mol. The first-order valence-electron chi connectivity index (χ1n) is 4.41. The van der Waals surface area contributed by atoms with E-state index >= 15 is 0 Å². The number of rotatable bonds is 4. The van der Waals surface area contributed by atoms with Gasteiger partial charge in [-0.15, -0.1) is 21.5 Å². The van der Waals surface area contributed by atoms with Gasteiger partial charge in [0.1, 0.15) is 0 Å². The van der Waals surface area contributed by atoms with Crippen LogP contribution in [0.15, 0.2) is 32.5 Å². The molecular formula is C8H12N8S. The fourth-order valence-corrected chi connectivity index (χ4v) is 1.56. The number of guanidine groups is 2. The number of nitrogens with zero attached hydrogens (tertiary/aromatic N) is 4. The first-order valence-corrected chi connectivity index (χ1v) is 5.23. The molecule has 1 rings (SSSR count). The molecule has 1 heterocycles. The molecule has 0 bridgehead atoms. The van der Waals surface area contributed by atoms with Crippen LogP contribution < -0.4 is 22.9 Å². The molecule has 0 fully saturated rings. The average molecular weight is 252 g/mol. The lowest BCUT2D eigenvalue weighted by molar-refractivity contribution is 1.22. The number of hydrogen-bond acceptors (Lipinski definition) is 5. The van der Waals surface area contributed by atoms with Crippen LogP contribution in [0.3, 0.4) is 0 Å². The van der Waals surface area contributed by atoms with Crippen LogP contribution in [0.2, 0.25) is 0 Å². The topological polar surface area (TPSA) is 154 Å². The highest BCUT2D eigenvalue weighted by Gasteiger charge is 1.94. The van der Waals surface area contributed by atoms with Gasteiger partial charge < -0.3 is 22.9 Å². The van der Waals surface area contributed by atoms with Gasteiger partial charge in [0.2, 0.25) is 11.9 Å². The smallest absolute Gasteiger partial charge is 0.211 e. The Morgan fingerprint density at radius 2 is 1.29 bits per heavy atom. The lowest BCUT2D eigenvalue weighted by atomic mass is 10.4. The van der Waals surface area contributed by atoms with Gasteiger partial charge in [-0.25, -0.2) is 0 Å². The Morgan fingerprint density at radius 1 is 0.882 bits per heavy atom. The van der Waals surface area contributed by atoms with Crippen molar-refractivity contribution in [1.82, 2.24) is 0 Å². The molecule has 17 heavy (non-hydrogen) atoms. The van der Waals surface area contributed by atoms with Gasteiger partial charge in [-0.05, 0) is 12.1 Å². The third-order valence-electron chi connectivity index (χ3n) is 1.36. The van der Waals surface area contributed by atoms with E-state index in [0.29, 0.717) is 0 Å². The largest absolute Gasteiger partial charge is 0.369 e. The molecule has 8 N–H and O–H groups in total. The van der Waals surface area contributed by atoms with Gasteiger partial charge in [-0.2, -0.15) is 10.2 Å². The van der Waals surface area contributed by atoms with Crippen molar-refractivity contribution in [2.24, 2.45) is 43.3 Å². The summed E-state index contributed by atoms with van der Waals surface area (Å²) in [5.74, 6) is -0.181. The lowest BCUT2D eigenvalue weighted by Crippen LogP contribution is -2.21. The molecule has 0 saturated heterocycles. The summed E-state index contributed by atoms with van der Waals surface area (Å²) in [7, 11) is 0. The zero-order valence-electron chi connectivity index (χ0n) is 8.82. The maximum atomic E-state index is 5.11. The van der Waals surface area contributed by atoms with E-state index in [1.807, 2.05) is 12.1 Å². The SMILES string of the molecule is NC(N)=NN=Cc1ccc(C=NN=C(N)N)s1. The molecule has 0 unspecified atom stereocenters. The quantitative estimate of drug-likeness (QED) is 0.307. The second-order valence-electron chi connectivity index (χ2n) is 2.78. The summed E-state index contributed by atoms with van der Waals surface area (Å²) in [6, 6.07) is 3.68. The molecule has 1 aromatic rings. The molecule has 0 aromatic carbocycles. The average Bonchev–Trinajstić information content (AvgIpc) is 2.65. The van der Waals surface area contributed by atoms with Crippen LogP contribution in [0.4, 0.5) is 0 Å². The zero-order chi connectivity index (χ0) is 12.7. The van der Waals surface area contributed by atoms with E-state index < -0.39 is 0 Å². The van der Waals surface area contributed by atoms with Gasteiger partial charge >= 0.3 is 0 Å². The third kappa shape index (κ3) is 5.28. The summed E-state index contributed by atoms with van der Waals surface area (Å²) in [5, 5.41) is 14.3. The summed E-state index contributed by atoms with van der Waals surface area (Å²) >= 11 is 1.44. The predicted molar refractivity (Wildman–Crippen MR) is 71.1 cm³/mol. The summed E-state index contributed by atoms with van der Waals surface area (Å²) in [4.78, 5) is 1.75. The molecule has 0 radical (unpaired) electrons. The second-order valence-corrected chi connectivity index (χ2v) is 3.93. The van der Waals surface area contributed by atoms with Crippen molar-refractivity contribution >= 4 is 35.7 Å². The highest BCUT2D eigenvalue weighted by molar-refractivity contribution is 7.15. The van der Waals surface area contributed by atoms with E-state index in [4.69, 9.17) is 22.9 Å². The molecule has 0 aliphatic rings. The monoisotopic (exact) mass is 252 g/mol. The molecule has 0 aliphatic heterocycles. The number of hydrogen-bond donors (Lipinski definition) is 4. The summed E-state index contributed by atoms with van der Waals surface area (Å²) < 4.78 is 0. The van der Waals surface area contributed by atoms with Crippen molar-refractivity contribution in [3.8, 4) is 0 Å². The van der Waals surface area contributed by atoms with Crippen LogP contribution in [-0.2, 0) is 0 Å². The minimum Gasteiger partial charge on any atom is -0.369 e. The van der Waals surface area contributed by atoms with Crippen molar-refractivity contribution in [3.63, 3.8) is 0 Å². The van der Waals surface area contributed by atoms with Gasteiger partial charge in [0.05, 0.1) is 12.4 Å². The van der Waals surface area contributed by atoms with Gasteiger partial charge in [-0.1, -0.05) is 0 Å². The maximum Gasteiger partial charge on any atom is 0.211 e. The molecule has 0 amide bonds. The van der Waals surface area contributed by atoms with E-state index in [0.717, 1.165) is 9.75 Å². The van der Waals surface area contributed by atoms with Crippen LogP contribution in [0, 0.1) is 0 Å². The Labute approximate surface area is 101 Å². The Morgan fingerprint density at radius 3 is 1.65 bits per heavy atom. The van der Waals surface area contributed by atoms with E-state index in [2.05, 4.69) is 20.4 Å². The van der Waals surface area contributed by atoms with Gasteiger partial charge in [0.25, 0.3) is 0 Å². The van der Waals surface area contributed by atoms with Crippen LogP contribution >= 0.6 is 11.3 Å². The third-order valence-corrected chi connectivity index (χ3v) is 2.32. The maximum absolute atomic E-state index is 5.11. The minimum absolute atomic E-state index is 0.0904. The first-order chi connectivity index (χ1) is 8.08. The molecule has 1 aromatic heterocycles. The van der Waals surface area contributed by atoms with Crippen molar-refractivity contribution in [1.29, 1.82) is 0 Å². The highest BCUT2D eigenvalue weighted by Crippen LogP contribution is 2.12. The molecule has 8 nitrogen and oxygen atoms in total. The Hall–Kier alpha value is -2.42. The normalized spacial score (nSPS) is 10.8. The van der Waals surface area contributed by atoms with Gasteiger partial charge in [0, 0.05) is 9.75 Å². The predicted octanol–water partition coefficient (Wildman–Crippen LogP) is -1.04. The van der Waals surface area contributed by atoms with Gasteiger partial charge in [0.15, 0.2) is 0 Å². The van der Waals surface area contributed by atoms with Crippen LogP contribution in [-0.4, -0.2) is 24.3 Å². The van der Waals surface area contributed by atoms with Crippen LogP contribution in [0.1, 0.15) is 9.75 Å². The summed E-state index contributed by atoms with van der Waals surface area (Å²) in [6.45, 7) is 0. The Kier molecular flexibility index (Phi) is 4.63. The molecule has 9 heteroatoms. The van der Waals surface area contributed by atoms with E-state index in [1.54, 1.807) is 0 Å². The lowest BCUT2D eigenvalue weighted by Gasteiger charge is -1.84. The fourth-order valence-electron chi connectivity index (χ4n) is 0.812. The number of nitrogens with two attached hydrogens (primary N) is 4. The summed E-state index contributed by atoms with van der Waals surface area (Å²) in [6.07, 6.45) is 3.06. The van der Waals surface area contributed by atoms with Crippen LogP contribution in [0.5, 0.6) is 0 Å². The van der Waals surface area contributed by atoms with Gasteiger partial charge in [-0.3, -0.25) is 0 Å². The van der Waals surface area contributed by atoms with Crippen molar-refractivity contribution in [3.05, 3.63) is 21.9 Å². The Bertz CT molecular complexity index is 433. The number of thiophene rings is 1. The fraction of sp³-hybridized carbons (Fsp3) is 0. The highest BCUT2D eigenvalue weighted by atomic mass is 32.1. The van der Waals surface area contributed by atoms with E-state index in [1.165, 1.54) is 23.8 Å². The van der Waals surface area contributed by atoms with E-state index in [-0.39, 0.29) is 11.9 Å². The zero-order valence-corrected chi connectivity index (χ0v) is 9.63.